The molecule has 4 nitrogen and oxygen atoms in total. The van der Waals surface area contributed by atoms with Crippen molar-refractivity contribution in [2.75, 3.05) is 11.9 Å². The van der Waals surface area contributed by atoms with Gasteiger partial charge in [-0.3, -0.25) is 4.79 Å². The molecule has 0 aromatic heterocycles. The average Bonchev–Trinajstić information content (AvgIpc) is 3.06. The Morgan fingerprint density at radius 3 is 2.68 bits per heavy atom. The molecule has 0 saturated carbocycles. The van der Waals surface area contributed by atoms with Crippen LogP contribution in [0.15, 0.2) is 48.5 Å². The maximum atomic E-state index is 12.2. The van der Waals surface area contributed by atoms with Gasteiger partial charge < -0.3 is 14.8 Å². The van der Waals surface area contributed by atoms with Crippen LogP contribution >= 0.6 is 0 Å². The van der Waals surface area contributed by atoms with Crippen LogP contribution in [-0.4, -0.2) is 18.6 Å². The van der Waals surface area contributed by atoms with Crippen LogP contribution < -0.4 is 10.1 Å². The molecule has 0 spiro atoms. The fourth-order valence-electron chi connectivity index (χ4n) is 2.39. The van der Waals surface area contributed by atoms with E-state index in [1.54, 1.807) is 0 Å². The highest BCUT2D eigenvalue weighted by molar-refractivity contribution is 5.95. The van der Waals surface area contributed by atoms with Gasteiger partial charge in [0.1, 0.15) is 11.9 Å². The van der Waals surface area contributed by atoms with Crippen LogP contribution in [0.3, 0.4) is 0 Å². The molecular formula is C18H19NO3. The summed E-state index contributed by atoms with van der Waals surface area (Å²) in [6.45, 7) is 2.68. The third-order valence-electron chi connectivity index (χ3n) is 3.62. The molecule has 4 heteroatoms. The molecule has 2 aromatic rings. The van der Waals surface area contributed by atoms with Crippen molar-refractivity contribution in [1.29, 1.82) is 0 Å². The molecular weight excluding hydrogens is 278 g/mol. The summed E-state index contributed by atoms with van der Waals surface area (Å²) in [6.07, 6.45) is 1.35. The number of benzene rings is 2. The Bertz CT molecular complexity index is 646. The van der Waals surface area contributed by atoms with Crippen LogP contribution in [0.25, 0.3) is 0 Å². The van der Waals surface area contributed by atoms with Crippen molar-refractivity contribution in [3.8, 4) is 11.5 Å². The molecule has 1 N–H and O–H groups in total. The SMILES string of the molecule is Cc1ccc(Oc2ccccc2NC(=O)[C@H]2CCCO2)cc1. The predicted molar refractivity (Wildman–Crippen MR) is 85.3 cm³/mol. The van der Waals surface area contributed by atoms with E-state index in [0.29, 0.717) is 18.0 Å². The molecule has 1 saturated heterocycles. The molecule has 3 rings (SSSR count). The van der Waals surface area contributed by atoms with Crippen molar-refractivity contribution in [3.05, 3.63) is 54.1 Å². The van der Waals surface area contributed by atoms with Crippen LogP contribution in [0.5, 0.6) is 11.5 Å². The largest absolute Gasteiger partial charge is 0.455 e. The zero-order valence-corrected chi connectivity index (χ0v) is 12.5. The molecule has 2 aromatic carbocycles. The molecule has 1 amide bonds. The number of para-hydroxylation sites is 2. The Kier molecular flexibility index (Phi) is 4.39. The normalized spacial score (nSPS) is 17.2. The number of rotatable bonds is 4. The Morgan fingerprint density at radius 2 is 1.95 bits per heavy atom. The number of nitrogens with one attached hydrogen (secondary N) is 1. The van der Waals surface area contributed by atoms with E-state index in [2.05, 4.69) is 5.32 Å². The number of anilines is 1. The van der Waals surface area contributed by atoms with Crippen molar-refractivity contribution in [1.82, 2.24) is 0 Å². The minimum atomic E-state index is -0.354. The van der Waals surface area contributed by atoms with Crippen molar-refractivity contribution >= 4 is 11.6 Å². The summed E-state index contributed by atoms with van der Waals surface area (Å²) in [6, 6.07) is 15.2. The van der Waals surface area contributed by atoms with Crippen LogP contribution in [0, 0.1) is 6.92 Å². The maximum absolute atomic E-state index is 12.2. The third kappa shape index (κ3) is 3.46. The maximum Gasteiger partial charge on any atom is 0.253 e. The van der Waals surface area contributed by atoms with Gasteiger partial charge in [-0.2, -0.15) is 0 Å². The van der Waals surface area contributed by atoms with Gasteiger partial charge in [-0.25, -0.2) is 0 Å². The van der Waals surface area contributed by atoms with E-state index >= 15 is 0 Å². The zero-order valence-electron chi connectivity index (χ0n) is 12.5. The number of carbonyl (C=O) groups excluding carboxylic acids is 1. The summed E-state index contributed by atoms with van der Waals surface area (Å²) in [7, 11) is 0. The average molecular weight is 297 g/mol. The number of hydrogen-bond donors (Lipinski definition) is 1. The smallest absolute Gasteiger partial charge is 0.253 e. The van der Waals surface area contributed by atoms with E-state index < -0.39 is 0 Å². The fraction of sp³-hybridized carbons (Fsp3) is 0.278. The lowest BCUT2D eigenvalue weighted by Gasteiger charge is -2.14. The highest BCUT2D eigenvalue weighted by Crippen LogP contribution is 2.30. The molecule has 0 unspecified atom stereocenters. The lowest BCUT2D eigenvalue weighted by atomic mass is 10.2. The van der Waals surface area contributed by atoms with Crippen molar-refractivity contribution in [3.63, 3.8) is 0 Å². The summed E-state index contributed by atoms with van der Waals surface area (Å²) < 4.78 is 11.3. The first-order chi connectivity index (χ1) is 10.7. The van der Waals surface area contributed by atoms with Gasteiger partial charge in [0.15, 0.2) is 5.75 Å². The second-order valence-corrected chi connectivity index (χ2v) is 5.40. The minimum Gasteiger partial charge on any atom is -0.455 e. The third-order valence-corrected chi connectivity index (χ3v) is 3.62. The highest BCUT2D eigenvalue weighted by atomic mass is 16.5. The van der Waals surface area contributed by atoms with Gasteiger partial charge in [0, 0.05) is 6.61 Å². The summed E-state index contributed by atoms with van der Waals surface area (Å²) >= 11 is 0. The molecule has 1 aliphatic heterocycles. The molecule has 1 aliphatic rings. The van der Waals surface area contributed by atoms with Crippen LogP contribution in [0.1, 0.15) is 18.4 Å². The van der Waals surface area contributed by atoms with Gasteiger partial charge in [-0.05, 0) is 44.0 Å². The van der Waals surface area contributed by atoms with Gasteiger partial charge in [0.2, 0.25) is 0 Å². The lowest BCUT2D eigenvalue weighted by molar-refractivity contribution is -0.124. The molecule has 0 aliphatic carbocycles. The number of amides is 1. The van der Waals surface area contributed by atoms with Crippen molar-refractivity contribution in [2.24, 2.45) is 0 Å². The molecule has 0 bridgehead atoms. The highest BCUT2D eigenvalue weighted by Gasteiger charge is 2.24. The topological polar surface area (TPSA) is 47.6 Å². The Labute approximate surface area is 130 Å². The Balaban J connectivity index is 1.74. The Hall–Kier alpha value is -2.33. The van der Waals surface area contributed by atoms with Gasteiger partial charge >= 0.3 is 0 Å². The first kappa shape index (κ1) is 14.6. The van der Waals surface area contributed by atoms with Crippen molar-refractivity contribution in [2.45, 2.75) is 25.9 Å². The zero-order chi connectivity index (χ0) is 15.4. The summed E-state index contributed by atoms with van der Waals surface area (Å²) in [5.74, 6) is 1.25. The van der Waals surface area contributed by atoms with E-state index in [4.69, 9.17) is 9.47 Å². The molecule has 22 heavy (non-hydrogen) atoms. The quantitative estimate of drug-likeness (QED) is 0.931. The van der Waals surface area contributed by atoms with Crippen LogP contribution in [0.4, 0.5) is 5.69 Å². The molecule has 1 atom stereocenters. The Morgan fingerprint density at radius 1 is 1.18 bits per heavy atom. The van der Waals surface area contributed by atoms with Gasteiger partial charge in [0.05, 0.1) is 5.69 Å². The number of ether oxygens (including phenoxy) is 2. The van der Waals surface area contributed by atoms with Gasteiger partial charge in [-0.15, -0.1) is 0 Å². The molecule has 1 fully saturated rings. The molecule has 0 radical (unpaired) electrons. The van der Waals surface area contributed by atoms with E-state index in [9.17, 15) is 4.79 Å². The number of carbonyl (C=O) groups is 1. The minimum absolute atomic E-state index is 0.113. The molecule has 114 valence electrons. The summed E-state index contributed by atoms with van der Waals surface area (Å²) in [5.41, 5.74) is 1.83. The predicted octanol–water partition coefficient (Wildman–Crippen LogP) is 3.90. The van der Waals surface area contributed by atoms with Crippen LogP contribution in [-0.2, 0) is 9.53 Å². The monoisotopic (exact) mass is 297 g/mol. The first-order valence-corrected chi connectivity index (χ1v) is 7.48. The van der Waals surface area contributed by atoms with E-state index in [1.165, 1.54) is 5.56 Å². The lowest BCUT2D eigenvalue weighted by Crippen LogP contribution is -2.26. The van der Waals surface area contributed by atoms with Crippen LogP contribution in [0.2, 0.25) is 0 Å². The van der Waals surface area contributed by atoms with Gasteiger partial charge in [-0.1, -0.05) is 29.8 Å². The second-order valence-electron chi connectivity index (χ2n) is 5.40. The first-order valence-electron chi connectivity index (χ1n) is 7.48. The standard InChI is InChI=1S/C18H19NO3/c1-13-8-10-14(11-9-13)22-16-6-3-2-5-15(16)19-18(20)17-7-4-12-21-17/h2-3,5-6,8-11,17H,4,7,12H2,1H3,(H,19,20)/t17-/m1/s1. The van der Waals surface area contributed by atoms with E-state index in [0.717, 1.165) is 18.6 Å². The van der Waals surface area contributed by atoms with Gasteiger partial charge in [0.25, 0.3) is 5.91 Å². The molecule has 1 heterocycles. The summed E-state index contributed by atoms with van der Waals surface area (Å²) in [5, 5.41) is 2.90. The fourth-order valence-corrected chi connectivity index (χ4v) is 2.39. The van der Waals surface area contributed by atoms with E-state index in [-0.39, 0.29) is 12.0 Å². The second kappa shape index (κ2) is 6.62. The number of aryl methyl sites for hydroxylation is 1. The summed E-state index contributed by atoms with van der Waals surface area (Å²) in [4.78, 5) is 12.2. The number of hydrogen-bond acceptors (Lipinski definition) is 3. The van der Waals surface area contributed by atoms with Crippen molar-refractivity contribution < 1.29 is 14.3 Å². The van der Waals surface area contributed by atoms with E-state index in [1.807, 2.05) is 55.5 Å².